The number of nitrogens with one attached hydrogen (secondary N) is 1. The quantitative estimate of drug-likeness (QED) is 0.749. The first-order valence-electron chi connectivity index (χ1n) is 7.50. The molecule has 0 aliphatic carbocycles. The van der Waals surface area contributed by atoms with Gasteiger partial charge >= 0.3 is 0 Å². The molecule has 5 nitrogen and oxygen atoms in total. The Bertz CT molecular complexity index is 898. The van der Waals surface area contributed by atoms with Gasteiger partial charge in [-0.1, -0.05) is 60.7 Å². The zero-order chi connectivity index (χ0) is 16.8. The molecule has 0 atom stereocenters. The molecule has 0 saturated heterocycles. The van der Waals surface area contributed by atoms with Gasteiger partial charge in [0.1, 0.15) is 6.33 Å². The predicted octanol–water partition coefficient (Wildman–Crippen LogP) is 2.76. The van der Waals surface area contributed by atoms with E-state index in [1.807, 2.05) is 48.5 Å². The average Bonchev–Trinajstić information content (AvgIpc) is 2.62. The fourth-order valence-corrected chi connectivity index (χ4v) is 3.39. The molecule has 3 rings (SSSR count). The van der Waals surface area contributed by atoms with E-state index in [9.17, 15) is 8.42 Å². The molecular weight excluding hydrogens is 322 g/mol. The topological polar surface area (TPSA) is 72.0 Å². The minimum absolute atomic E-state index is 0.0511. The van der Waals surface area contributed by atoms with Crippen LogP contribution in [0.3, 0.4) is 0 Å². The van der Waals surface area contributed by atoms with Gasteiger partial charge in [-0.25, -0.2) is 23.1 Å². The van der Waals surface area contributed by atoms with Crippen molar-refractivity contribution in [1.29, 1.82) is 0 Å². The lowest BCUT2D eigenvalue weighted by molar-refractivity contribution is 0.579. The summed E-state index contributed by atoms with van der Waals surface area (Å²) >= 11 is 0. The van der Waals surface area contributed by atoms with Crippen LogP contribution in [0.4, 0.5) is 0 Å². The summed E-state index contributed by atoms with van der Waals surface area (Å²) in [5, 5.41) is 0. The summed E-state index contributed by atoms with van der Waals surface area (Å²) in [6.07, 6.45) is 1.45. The normalized spacial score (nSPS) is 11.3. The second-order valence-corrected chi connectivity index (χ2v) is 7.13. The lowest BCUT2D eigenvalue weighted by Gasteiger charge is -2.07. The minimum Gasteiger partial charge on any atom is -0.240 e. The Balaban J connectivity index is 1.68. The van der Waals surface area contributed by atoms with E-state index in [4.69, 9.17) is 0 Å². The molecule has 1 N–H and O–H groups in total. The van der Waals surface area contributed by atoms with Crippen molar-refractivity contribution in [2.45, 2.75) is 12.3 Å². The molecule has 0 fully saturated rings. The molecule has 0 radical (unpaired) electrons. The average molecular weight is 339 g/mol. The van der Waals surface area contributed by atoms with E-state index in [1.165, 1.54) is 6.33 Å². The number of sulfonamides is 1. The molecule has 0 aliphatic heterocycles. The van der Waals surface area contributed by atoms with Crippen LogP contribution >= 0.6 is 0 Å². The van der Waals surface area contributed by atoms with Gasteiger partial charge in [-0.05, 0) is 11.6 Å². The van der Waals surface area contributed by atoms with Gasteiger partial charge in [-0.3, -0.25) is 0 Å². The maximum atomic E-state index is 12.2. The molecule has 0 saturated carbocycles. The van der Waals surface area contributed by atoms with Crippen LogP contribution in [0.1, 0.15) is 11.3 Å². The summed E-state index contributed by atoms with van der Waals surface area (Å²) in [5.41, 5.74) is 3.11. The van der Waals surface area contributed by atoms with Crippen LogP contribution in [0.2, 0.25) is 0 Å². The van der Waals surface area contributed by atoms with E-state index >= 15 is 0 Å². The third kappa shape index (κ3) is 4.47. The van der Waals surface area contributed by atoms with E-state index in [2.05, 4.69) is 14.7 Å². The fraction of sp³-hybridized carbons (Fsp3) is 0.111. The first kappa shape index (κ1) is 16.3. The Kier molecular flexibility index (Phi) is 4.98. The lowest BCUT2D eigenvalue weighted by atomic mass is 10.1. The van der Waals surface area contributed by atoms with Crippen LogP contribution in [0.15, 0.2) is 73.1 Å². The van der Waals surface area contributed by atoms with Gasteiger partial charge in [0, 0.05) is 5.56 Å². The van der Waals surface area contributed by atoms with Crippen LogP contribution in [-0.2, 0) is 22.3 Å². The first-order chi connectivity index (χ1) is 11.6. The van der Waals surface area contributed by atoms with E-state index in [0.29, 0.717) is 5.69 Å². The van der Waals surface area contributed by atoms with E-state index in [-0.39, 0.29) is 12.3 Å². The number of rotatable bonds is 6. The molecule has 0 spiro atoms. The van der Waals surface area contributed by atoms with E-state index in [1.54, 1.807) is 18.2 Å². The van der Waals surface area contributed by atoms with Gasteiger partial charge in [0.25, 0.3) is 0 Å². The van der Waals surface area contributed by atoms with Crippen LogP contribution < -0.4 is 4.72 Å². The Morgan fingerprint density at radius 3 is 2.25 bits per heavy atom. The van der Waals surface area contributed by atoms with Gasteiger partial charge in [-0.15, -0.1) is 0 Å². The summed E-state index contributed by atoms with van der Waals surface area (Å²) in [6, 6.07) is 20.6. The number of benzene rings is 2. The number of hydrogen-bond acceptors (Lipinski definition) is 4. The molecule has 0 amide bonds. The molecule has 0 bridgehead atoms. The van der Waals surface area contributed by atoms with Crippen LogP contribution in [0.5, 0.6) is 0 Å². The van der Waals surface area contributed by atoms with Crippen molar-refractivity contribution in [3.05, 3.63) is 84.3 Å². The number of aromatic nitrogens is 2. The third-order valence-electron chi connectivity index (χ3n) is 3.47. The molecule has 1 aromatic heterocycles. The van der Waals surface area contributed by atoms with Crippen molar-refractivity contribution in [3.63, 3.8) is 0 Å². The molecule has 3 aromatic rings. The minimum atomic E-state index is -3.42. The summed E-state index contributed by atoms with van der Waals surface area (Å²) in [5.74, 6) is -0.0511. The van der Waals surface area contributed by atoms with Gasteiger partial charge < -0.3 is 0 Å². The van der Waals surface area contributed by atoms with Gasteiger partial charge in [-0.2, -0.15) is 0 Å². The van der Waals surface area contributed by atoms with Crippen LogP contribution in [-0.4, -0.2) is 18.4 Å². The highest BCUT2D eigenvalue weighted by atomic mass is 32.2. The zero-order valence-corrected chi connectivity index (χ0v) is 13.8. The molecule has 6 heteroatoms. The Hall–Kier alpha value is -2.57. The van der Waals surface area contributed by atoms with Crippen LogP contribution in [0, 0.1) is 0 Å². The third-order valence-corrected chi connectivity index (χ3v) is 4.76. The summed E-state index contributed by atoms with van der Waals surface area (Å²) in [6.45, 7) is 0.136. The van der Waals surface area contributed by atoms with Crippen molar-refractivity contribution >= 4 is 10.0 Å². The largest absolute Gasteiger partial charge is 0.240 e. The number of nitrogens with zero attached hydrogens (tertiary/aromatic N) is 2. The molecule has 122 valence electrons. The zero-order valence-electron chi connectivity index (χ0n) is 13.0. The van der Waals surface area contributed by atoms with Crippen molar-refractivity contribution in [2.75, 3.05) is 0 Å². The SMILES string of the molecule is O=S(=O)(Cc1ccccc1)NCc1cc(-c2ccccc2)ncn1. The highest BCUT2D eigenvalue weighted by molar-refractivity contribution is 7.88. The monoisotopic (exact) mass is 339 g/mol. The number of hydrogen-bond donors (Lipinski definition) is 1. The van der Waals surface area contributed by atoms with Gasteiger partial charge in [0.15, 0.2) is 0 Å². The Morgan fingerprint density at radius 2 is 1.54 bits per heavy atom. The maximum Gasteiger partial charge on any atom is 0.216 e. The molecule has 2 aromatic carbocycles. The molecule has 0 aliphatic rings. The smallest absolute Gasteiger partial charge is 0.216 e. The summed E-state index contributed by atoms with van der Waals surface area (Å²) < 4.78 is 26.9. The summed E-state index contributed by atoms with van der Waals surface area (Å²) in [7, 11) is -3.42. The van der Waals surface area contributed by atoms with Gasteiger partial charge in [0.05, 0.1) is 23.7 Å². The fourth-order valence-electron chi connectivity index (χ4n) is 2.29. The lowest BCUT2D eigenvalue weighted by Crippen LogP contribution is -2.25. The summed E-state index contributed by atoms with van der Waals surface area (Å²) in [4.78, 5) is 8.37. The second kappa shape index (κ2) is 7.33. The highest BCUT2D eigenvalue weighted by Crippen LogP contribution is 2.16. The molecule has 24 heavy (non-hydrogen) atoms. The first-order valence-corrected chi connectivity index (χ1v) is 9.15. The predicted molar refractivity (Wildman–Crippen MR) is 93.4 cm³/mol. The second-order valence-electron chi connectivity index (χ2n) is 5.33. The van der Waals surface area contributed by atoms with E-state index in [0.717, 1.165) is 16.8 Å². The highest BCUT2D eigenvalue weighted by Gasteiger charge is 2.12. The maximum absolute atomic E-state index is 12.2. The van der Waals surface area contributed by atoms with Crippen molar-refractivity contribution in [3.8, 4) is 11.3 Å². The van der Waals surface area contributed by atoms with Crippen molar-refractivity contribution in [2.24, 2.45) is 0 Å². The standard InChI is InChI=1S/C18H17N3O2S/c22-24(23,13-15-7-3-1-4-8-15)21-12-17-11-18(20-14-19-17)16-9-5-2-6-10-16/h1-11,14,21H,12-13H2. The van der Waals surface area contributed by atoms with Crippen LogP contribution in [0.25, 0.3) is 11.3 Å². The Morgan fingerprint density at radius 1 is 0.875 bits per heavy atom. The van der Waals surface area contributed by atoms with E-state index < -0.39 is 10.0 Å². The van der Waals surface area contributed by atoms with Crippen molar-refractivity contribution in [1.82, 2.24) is 14.7 Å². The van der Waals surface area contributed by atoms with Crippen molar-refractivity contribution < 1.29 is 8.42 Å². The van der Waals surface area contributed by atoms with Gasteiger partial charge in [0.2, 0.25) is 10.0 Å². The molecular formula is C18H17N3O2S. The Labute approximate surface area is 141 Å². The molecule has 1 heterocycles. The molecule has 0 unspecified atom stereocenters.